The summed E-state index contributed by atoms with van der Waals surface area (Å²) in [5, 5.41) is 0. The molecule has 0 radical (unpaired) electrons. The lowest BCUT2D eigenvalue weighted by Gasteiger charge is -2.04. The summed E-state index contributed by atoms with van der Waals surface area (Å²) in [5.41, 5.74) is 6.15. The Morgan fingerprint density at radius 3 is 2.42 bits per heavy atom. The molecule has 0 unspecified atom stereocenters. The molecule has 3 heteroatoms. The minimum absolute atomic E-state index is 0.0933. The van der Waals surface area contributed by atoms with Crippen LogP contribution in [0.15, 0.2) is 28.7 Å². The van der Waals surface area contributed by atoms with Gasteiger partial charge in [0, 0.05) is 17.4 Å². The van der Waals surface area contributed by atoms with Gasteiger partial charge in [-0.25, -0.2) is 4.39 Å². The second-order valence-electron chi connectivity index (χ2n) is 2.66. The smallest absolute Gasteiger partial charge is 0.116 e. The molecule has 66 valence electrons. The Morgan fingerprint density at radius 1 is 1.33 bits per heavy atom. The van der Waals surface area contributed by atoms with Gasteiger partial charge in [-0.15, -0.1) is 0 Å². The molecule has 1 atom stereocenters. The highest BCUT2D eigenvalue weighted by atomic mass is 79.9. The molecule has 1 aromatic rings. The fourth-order valence-electron chi connectivity index (χ4n) is 0.960. The average molecular weight is 232 g/mol. The van der Waals surface area contributed by atoms with Crippen LogP contribution < -0.4 is 5.73 Å². The first-order chi connectivity index (χ1) is 5.72. The molecule has 2 N–H and O–H groups in total. The van der Waals surface area contributed by atoms with Crippen LogP contribution in [-0.2, 0) is 6.42 Å². The molecule has 0 aliphatic carbocycles. The number of nitrogens with two attached hydrogens (primary N) is 1. The largest absolute Gasteiger partial charge is 0.328 e. The van der Waals surface area contributed by atoms with Gasteiger partial charge in [-0.2, -0.15) is 0 Å². The maximum absolute atomic E-state index is 12.8. The van der Waals surface area contributed by atoms with Crippen molar-refractivity contribution in [3.8, 4) is 0 Å². The Hall–Kier alpha value is -0.410. The number of rotatable bonds is 3. The Labute approximate surface area is 79.9 Å². The first-order valence-electron chi connectivity index (χ1n) is 3.81. The van der Waals surface area contributed by atoms with Gasteiger partial charge in [-0.3, -0.25) is 0 Å². The normalized spacial score (nSPS) is 12.9. The van der Waals surface area contributed by atoms with Crippen molar-refractivity contribution in [2.45, 2.75) is 12.6 Å². The van der Waals surface area contributed by atoms with Gasteiger partial charge in [0.15, 0.2) is 0 Å². The van der Waals surface area contributed by atoms with Gasteiger partial charge in [-0.05, 0) is 17.7 Å². The second kappa shape index (κ2) is 4.58. The minimum Gasteiger partial charge on any atom is -0.328 e. The molecular weight excluding hydrogens is 221 g/mol. The van der Waals surface area contributed by atoms with E-state index in [0.29, 0.717) is 6.42 Å². The molecule has 1 rings (SSSR count). The Kier molecular flexibility index (Phi) is 3.69. The standard InChI is InChI=1S/C9H11BrFN/c10-8-3-1-7(2-4-8)5-9(11)6-12/h1-4,9H,5-6,12H2/t9-/m1/s1. The maximum Gasteiger partial charge on any atom is 0.116 e. The predicted octanol–water partition coefficient (Wildman–Crippen LogP) is 2.29. The van der Waals surface area contributed by atoms with Gasteiger partial charge in [0.05, 0.1) is 0 Å². The molecular formula is C9H11BrFN. The number of alkyl halides is 1. The van der Waals surface area contributed by atoms with Gasteiger partial charge in [-0.1, -0.05) is 28.1 Å². The Morgan fingerprint density at radius 2 is 1.92 bits per heavy atom. The summed E-state index contributed by atoms with van der Waals surface area (Å²) in [6.07, 6.45) is -0.518. The highest BCUT2D eigenvalue weighted by Crippen LogP contribution is 2.12. The lowest BCUT2D eigenvalue weighted by Crippen LogP contribution is -2.17. The van der Waals surface area contributed by atoms with Crippen LogP contribution in [0.25, 0.3) is 0 Å². The van der Waals surface area contributed by atoms with Crippen LogP contribution in [0.5, 0.6) is 0 Å². The first-order valence-corrected chi connectivity index (χ1v) is 4.60. The van der Waals surface area contributed by atoms with E-state index in [1.165, 1.54) is 0 Å². The van der Waals surface area contributed by atoms with Crippen molar-refractivity contribution < 1.29 is 4.39 Å². The zero-order valence-corrected chi connectivity index (χ0v) is 8.22. The van der Waals surface area contributed by atoms with E-state index >= 15 is 0 Å². The van der Waals surface area contributed by atoms with Crippen LogP contribution in [0.2, 0.25) is 0 Å². The molecule has 0 aliphatic rings. The molecule has 1 nitrogen and oxygen atoms in total. The van der Waals surface area contributed by atoms with Gasteiger partial charge < -0.3 is 5.73 Å². The lowest BCUT2D eigenvalue weighted by molar-refractivity contribution is 0.340. The highest BCUT2D eigenvalue weighted by molar-refractivity contribution is 9.10. The fourth-order valence-corrected chi connectivity index (χ4v) is 1.22. The van der Waals surface area contributed by atoms with E-state index in [1.54, 1.807) is 0 Å². The molecule has 0 aromatic heterocycles. The third kappa shape index (κ3) is 2.91. The molecule has 0 heterocycles. The van der Waals surface area contributed by atoms with Crippen LogP contribution >= 0.6 is 15.9 Å². The van der Waals surface area contributed by atoms with E-state index in [9.17, 15) is 4.39 Å². The SMILES string of the molecule is NC[C@H](F)Cc1ccc(Br)cc1. The van der Waals surface area contributed by atoms with E-state index in [0.717, 1.165) is 10.0 Å². The summed E-state index contributed by atoms with van der Waals surface area (Å²) in [6, 6.07) is 7.59. The molecule has 0 fully saturated rings. The minimum atomic E-state index is -0.925. The third-order valence-corrected chi connectivity index (χ3v) is 2.15. The van der Waals surface area contributed by atoms with E-state index in [1.807, 2.05) is 24.3 Å². The summed E-state index contributed by atoms with van der Waals surface area (Å²) >= 11 is 3.31. The second-order valence-corrected chi connectivity index (χ2v) is 3.58. The highest BCUT2D eigenvalue weighted by Gasteiger charge is 2.03. The van der Waals surface area contributed by atoms with Crippen molar-refractivity contribution in [3.63, 3.8) is 0 Å². The van der Waals surface area contributed by atoms with Crippen molar-refractivity contribution in [2.24, 2.45) is 5.73 Å². The number of halogens is 2. The molecule has 0 bridgehead atoms. The number of hydrogen-bond acceptors (Lipinski definition) is 1. The summed E-state index contributed by atoms with van der Waals surface area (Å²) in [5.74, 6) is 0. The van der Waals surface area contributed by atoms with Crippen molar-refractivity contribution in [2.75, 3.05) is 6.54 Å². The third-order valence-electron chi connectivity index (χ3n) is 1.63. The zero-order valence-electron chi connectivity index (χ0n) is 6.63. The van der Waals surface area contributed by atoms with Gasteiger partial charge >= 0.3 is 0 Å². The Bertz CT molecular complexity index is 235. The lowest BCUT2D eigenvalue weighted by atomic mass is 10.1. The zero-order chi connectivity index (χ0) is 8.97. The first kappa shape index (κ1) is 9.68. The quantitative estimate of drug-likeness (QED) is 0.850. The number of benzene rings is 1. The molecule has 0 saturated carbocycles. The topological polar surface area (TPSA) is 26.0 Å². The van der Waals surface area contributed by atoms with Crippen LogP contribution in [0.1, 0.15) is 5.56 Å². The van der Waals surface area contributed by atoms with Gasteiger partial charge in [0.25, 0.3) is 0 Å². The summed E-state index contributed by atoms with van der Waals surface area (Å²) in [6.45, 7) is 0.0933. The van der Waals surface area contributed by atoms with Crippen LogP contribution in [0.4, 0.5) is 4.39 Å². The monoisotopic (exact) mass is 231 g/mol. The molecule has 0 saturated heterocycles. The van der Waals surface area contributed by atoms with Crippen molar-refractivity contribution in [1.29, 1.82) is 0 Å². The molecule has 12 heavy (non-hydrogen) atoms. The van der Waals surface area contributed by atoms with Crippen LogP contribution in [0, 0.1) is 0 Å². The number of hydrogen-bond donors (Lipinski definition) is 1. The van der Waals surface area contributed by atoms with Crippen molar-refractivity contribution in [3.05, 3.63) is 34.3 Å². The van der Waals surface area contributed by atoms with Crippen LogP contribution in [0.3, 0.4) is 0 Å². The van der Waals surface area contributed by atoms with E-state index in [4.69, 9.17) is 5.73 Å². The van der Waals surface area contributed by atoms with Gasteiger partial charge in [0.2, 0.25) is 0 Å². The Balaban J connectivity index is 2.58. The molecule has 0 amide bonds. The molecule has 1 aromatic carbocycles. The average Bonchev–Trinajstić information content (AvgIpc) is 2.09. The van der Waals surface area contributed by atoms with E-state index < -0.39 is 6.17 Å². The van der Waals surface area contributed by atoms with Crippen LogP contribution in [-0.4, -0.2) is 12.7 Å². The van der Waals surface area contributed by atoms with Gasteiger partial charge in [0.1, 0.15) is 6.17 Å². The van der Waals surface area contributed by atoms with E-state index in [-0.39, 0.29) is 6.54 Å². The van der Waals surface area contributed by atoms with Crippen molar-refractivity contribution >= 4 is 15.9 Å². The van der Waals surface area contributed by atoms with Crippen molar-refractivity contribution in [1.82, 2.24) is 0 Å². The van der Waals surface area contributed by atoms with E-state index in [2.05, 4.69) is 15.9 Å². The molecule has 0 spiro atoms. The predicted molar refractivity (Wildman–Crippen MR) is 51.8 cm³/mol. The summed E-state index contributed by atoms with van der Waals surface area (Å²) in [4.78, 5) is 0. The summed E-state index contributed by atoms with van der Waals surface area (Å²) < 4.78 is 13.8. The molecule has 0 aliphatic heterocycles. The summed E-state index contributed by atoms with van der Waals surface area (Å²) in [7, 11) is 0. The maximum atomic E-state index is 12.8. The fraction of sp³-hybridized carbons (Fsp3) is 0.333.